The van der Waals surface area contributed by atoms with Gasteiger partial charge in [0.15, 0.2) is 0 Å². The normalized spacial score (nSPS) is 17.9. The van der Waals surface area contributed by atoms with Crippen molar-refractivity contribution in [2.45, 2.75) is 18.4 Å². The predicted octanol–water partition coefficient (Wildman–Crippen LogP) is 3.09. The van der Waals surface area contributed by atoms with Crippen LogP contribution in [0, 0.1) is 0 Å². The zero-order chi connectivity index (χ0) is 10.2. The Kier molecular flexibility index (Phi) is 2.54. The lowest BCUT2D eigenvalue weighted by Crippen LogP contribution is -2.10. The molecule has 2 nitrogen and oxygen atoms in total. The summed E-state index contributed by atoms with van der Waals surface area (Å²) < 4.78 is 11.9. The SMILES string of the molecule is COc1cc(Br)ccc1C1(OC)CC1. The van der Waals surface area contributed by atoms with E-state index >= 15 is 0 Å². The summed E-state index contributed by atoms with van der Waals surface area (Å²) in [5, 5.41) is 0. The molecule has 2 rings (SSSR count). The summed E-state index contributed by atoms with van der Waals surface area (Å²) >= 11 is 3.43. The van der Waals surface area contributed by atoms with E-state index in [9.17, 15) is 0 Å². The number of hydrogen-bond donors (Lipinski definition) is 0. The average molecular weight is 257 g/mol. The molecule has 1 aliphatic rings. The van der Waals surface area contributed by atoms with Crippen LogP contribution in [-0.2, 0) is 10.3 Å². The van der Waals surface area contributed by atoms with Crippen molar-refractivity contribution in [2.24, 2.45) is 0 Å². The van der Waals surface area contributed by atoms with Gasteiger partial charge in [-0.1, -0.05) is 22.0 Å². The number of rotatable bonds is 3. The van der Waals surface area contributed by atoms with Gasteiger partial charge in [-0.3, -0.25) is 0 Å². The van der Waals surface area contributed by atoms with Crippen LogP contribution in [0.25, 0.3) is 0 Å². The monoisotopic (exact) mass is 256 g/mol. The Morgan fingerprint density at radius 3 is 2.50 bits per heavy atom. The first-order valence-corrected chi connectivity index (χ1v) is 5.40. The second-order valence-electron chi connectivity index (χ2n) is 3.54. The van der Waals surface area contributed by atoms with Crippen LogP contribution in [0.1, 0.15) is 18.4 Å². The number of hydrogen-bond acceptors (Lipinski definition) is 2. The summed E-state index contributed by atoms with van der Waals surface area (Å²) in [5.74, 6) is 0.902. The van der Waals surface area contributed by atoms with Crippen LogP contribution in [-0.4, -0.2) is 14.2 Å². The summed E-state index contributed by atoms with van der Waals surface area (Å²) in [6.45, 7) is 0. The molecule has 0 unspecified atom stereocenters. The molecule has 0 bridgehead atoms. The number of halogens is 1. The predicted molar refractivity (Wildman–Crippen MR) is 58.6 cm³/mol. The minimum atomic E-state index is -0.0773. The fourth-order valence-corrected chi connectivity index (χ4v) is 2.08. The summed E-state index contributed by atoms with van der Waals surface area (Å²) in [6.07, 6.45) is 2.17. The van der Waals surface area contributed by atoms with Crippen LogP contribution in [0.4, 0.5) is 0 Å². The molecule has 0 spiro atoms. The van der Waals surface area contributed by atoms with E-state index in [-0.39, 0.29) is 5.60 Å². The van der Waals surface area contributed by atoms with Gasteiger partial charge in [0.25, 0.3) is 0 Å². The Hall–Kier alpha value is -0.540. The lowest BCUT2D eigenvalue weighted by atomic mass is 10.1. The average Bonchev–Trinajstić information content (AvgIpc) is 2.98. The van der Waals surface area contributed by atoms with E-state index in [1.54, 1.807) is 14.2 Å². The highest BCUT2D eigenvalue weighted by molar-refractivity contribution is 9.10. The third-order valence-corrected chi connectivity index (χ3v) is 3.24. The summed E-state index contributed by atoms with van der Waals surface area (Å²) in [5.41, 5.74) is 1.08. The smallest absolute Gasteiger partial charge is 0.126 e. The highest BCUT2D eigenvalue weighted by atomic mass is 79.9. The molecule has 0 saturated heterocycles. The van der Waals surface area contributed by atoms with E-state index in [0.29, 0.717) is 0 Å². The molecule has 1 aromatic rings. The fourth-order valence-electron chi connectivity index (χ4n) is 1.74. The van der Waals surface area contributed by atoms with E-state index in [0.717, 1.165) is 28.6 Å². The number of ether oxygens (including phenoxy) is 2. The third kappa shape index (κ3) is 1.55. The minimum absolute atomic E-state index is 0.0773. The third-order valence-electron chi connectivity index (χ3n) is 2.75. The maximum Gasteiger partial charge on any atom is 0.126 e. The molecule has 14 heavy (non-hydrogen) atoms. The molecule has 1 fully saturated rings. The van der Waals surface area contributed by atoms with Gasteiger partial charge < -0.3 is 9.47 Å². The molecule has 76 valence electrons. The summed E-state index contributed by atoms with van der Waals surface area (Å²) in [4.78, 5) is 0. The fraction of sp³-hybridized carbons (Fsp3) is 0.455. The largest absolute Gasteiger partial charge is 0.496 e. The number of benzene rings is 1. The van der Waals surface area contributed by atoms with Gasteiger partial charge in [0, 0.05) is 17.1 Å². The first-order chi connectivity index (χ1) is 6.72. The van der Waals surface area contributed by atoms with Gasteiger partial charge in [-0.2, -0.15) is 0 Å². The van der Waals surface area contributed by atoms with E-state index in [2.05, 4.69) is 22.0 Å². The van der Waals surface area contributed by atoms with E-state index in [4.69, 9.17) is 9.47 Å². The van der Waals surface area contributed by atoms with Crippen molar-refractivity contribution in [2.75, 3.05) is 14.2 Å². The maximum atomic E-state index is 5.52. The lowest BCUT2D eigenvalue weighted by molar-refractivity contribution is 0.0765. The van der Waals surface area contributed by atoms with E-state index < -0.39 is 0 Å². The lowest BCUT2D eigenvalue weighted by Gasteiger charge is -2.17. The van der Waals surface area contributed by atoms with E-state index in [1.807, 2.05) is 12.1 Å². The van der Waals surface area contributed by atoms with Gasteiger partial charge in [-0.25, -0.2) is 0 Å². The molecule has 0 atom stereocenters. The highest BCUT2D eigenvalue weighted by Gasteiger charge is 2.46. The first kappa shape index (κ1) is 9.99. The van der Waals surface area contributed by atoms with Crippen LogP contribution in [0.5, 0.6) is 5.75 Å². The highest BCUT2D eigenvalue weighted by Crippen LogP contribution is 2.52. The van der Waals surface area contributed by atoms with Crippen molar-refractivity contribution in [3.8, 4) is 5.75 Å². The quantitative estimate of drug-likeness (QED) is 0.828. The first-order valence-electron chi connectivity index (χ1n) is 4.61. The summed E-state index contributed by atoms with van der Waals surface area (Å²) in [7, 11) is 3.45. The second kappa shape index (κ2) is 3.55. The van der Waals surface area contributed by atoms with Crippen molar-refractivity contribution in [3.05, 3.63) is 28.2 Å². The van der Waals surface area contributed by atoms with E-state index in [1.165, 1.54) is 0 Å². The molecular weight excluding hydrogens is 244 g/mol. The molecule has 1 aromatic carbocycles. The zero-order valence-electron chi connectivity index (χ0n) is 8.34. The maximum absolute atomic E-state index is 5.52. The summed E-state index contributed by atoms with van der Waals surface area (Å²) in [6, 6.07) is 6.07. The Morgan fingerprint density at radius 1 is 1.29 bits per heavy atom. The van der Waals surface area contributed by atoms with Gasteiger partial charge in [0.1, 0.15) is 5.75 Å². The molecule has 0 amide bonds. The molecule has 1 aliphatic carbocycles. The van der Waals surface area contributed by atoms with Crippen molar-refractivity contribution in [3.63, 3.8) is 0 Å². The Bertz CT molecular complexity index is 345. The minimum Gasteiger partial charge on any atom is -0.496 e. The van der Waals surface area contributed by atoms with Crippen LogP contribution in [0.15, 0.2) is 22.7 Å². The molecule has 0 N–H and O–H groups in total. The van der Waals surface area contributed by atoms with Gasteiger partial charge in [0.05, 0.1) is 12.7 Å². The Labute approximate surface area is 92.3 Å². The topological polar surface area (TPSA) is 18.5 Å². The molecular formula is C11H13BrO2. The van der Waals surface area contributed by atoms with Crippen molar-refractivity contribution < 1.29 is 9.47 Å². The van der Waals surface area contributed by atoms with Crippen LogP contribution in [0.3, 0.4) is 0 Å². The standard InChI is InChI=1S/C11H13BrO2/c1-13-10-7-8(12)3-4-9(10)11(14-2)5-6-11/h3-4,7H,5-6H2,1-2H3. The van der Waals surface area contributed by atoms with Crippen molar-refractivity contribution in [1.29, 1.82) is 0 Å². The number of methoxy groups -OCH3 is 2. The van der Waals surface area contributed by atoms with Crippen LogP contribution < -0.4 is 4.74 Å². The molecule has 3 heteroatoms. The van der Waals surface area contributed by atoms with Gasteiger partial charge in [-0.05, 0) is 25.0 Å². The van der Waals surface area contributed by atoms with Crippen LogP contribution >= 0.6 is 15.9 Å². The second-order valence-corrected chi connectivity index (χ2v) is 4.46. The molecule has 0 radical (unpaired) electrons. The van der Waals surface area contributed by atoms with Gasteiger partial charge >= 0.3 is 0 Å². The zero-order valence-corrected chi connectivity index (χ0v) is 9.93. The molecule has 0 heterocycles. The van der Waals surface area contributed by atoms with Crippen LogP contribution in [0.2, 0.25) is 0 Å². The Morgan fingerprint density at radius 2 is 2.00 bits per heavy atom. The molecule has 1 saturated carbocycles. The van der Waals surface area contributed by atoms with Crippen molar-refractivity contribution >= 4 is 15.9 Å². The Balaban J connectivity index is 2.42. The van der Waals surface area contributed by atoms with Crippen molar-refractivity contribution in [1.82, 2.24) is 0 Å². The molecule has 0 aliphatic heterocycles. The van der Waals surface area contributed by atoms with Gasteiger partial charge in [0.2, 0.25) is 0 Å². The molecule has 0 aromatic heterocycles. The van der Waals surface area contributed by atoms with Gasteiger partial charge in [-0.15, -0.1) is 0 Å².